The van der Waals surface area contributed by atoms with E-state index in [2.05, 4.69) is 22.0 Å². The second kappa shape index (κ2) is 7.46. The van der Waals surface area contributed by atoms with E-state index < -0.39 is 0 Å². The number of nitrogens with zero attached hydrogens (tertiary/aromatic N) is 2. The largest absolute Gasteiger partial charge is 0.320 e. The van der Waals surface area contributed by atoms with Crippen molar-refractivity contribution in [3.05, 3.63) is 0 Å². The first-order valence-corrected chi connectivity index (χ1v) is 7.94. The van der Waals surface area contributed by atoms with Crippen molar-refractivity contribution in [2.75, 3.05) is 39.8 Å². The Morgan fingerprint density at radius 2 is 1.78 bits per heavy atom. The van der Waals surface area contributed by atoms with Gasteiger partial charge in [-0.1, -0.05) is 12.8 Å². The lowest BCUT2D eigenvalue weighted by Crippen LogP contribution is -2.52. The summed E-state index contributed by atoms with van der Waals surface area (Å²) in [5.74, 6) is 0. The molecule has 0 spiro atoms. The van der Waals surface area contributed by atoms with Crippen molar-refractivity contribution >= 4 is 0 Å². The van der Waals surface area contributed by atoms with E-state index in [1.165, 1.54) is 64.7 Å². The van der Waals surface area contributed by atoms with Gasteiger partial charge in [0, 0.05) is 38.3 Å². The minimum atomic E-state index is 0.768. The maximum absolute atomic E-state index is 3.24. The number of hydrogen-bond acceptors (Lipinski definition) is 3. The van der Waals surface area contributed by atoms with Crippen LogP contribution in [0.25, 0.3) is 0 Å². The van der Waals surface area contributed by atoms with Crippen molar-refractivity contribution in [3.63, 3.8) is 0 Å². The van der Waals surface area contributed by atoms with Gasteiger partial charge >= 0.3 is 0 Å². The summed E-state index contributed by atoms with van der Waals surface area (Å²) in [5, 5.41) is 3.24. The molecule has 0 aromatic carbocycles. The van der Waals surface area contributed by atoms with Gasteiger partial charge in [-0.15, -0.1) is 0 Å². The normalized spacial score (nSPS) is 25.7. The molecule has 106 valence electrons. The first-order valence-electron chi connectivity index (χ1n) is 7.94. The molecule has 1 aliphatic heterocycles. The molecule has 18 heavy (non-hydrogen) atoms. The van der Waals surface area contributed by atoms with Crippen LogP contribution in [0.3, 0.4) is 0 Å². The van der Waals surface area contributed by atoms with Crippen LogP contribution in [0.4, 0.5) is 0 Å². The van der Waals surface area contributed by atoms with Crippen molar-refractivity contribution in [1.82, 2.24) is 15.1 Å². The molecule has 1 atom stereocenters. The highest BCUT2D eigenvalue weighted by molar-refractivity contribution is 4.83. The Morgan fingerprint density at radius 1 is 1.11 bits per heavy atom. The van der Waals surface area contributed by atoms with E-state index in [-0.39, 0.29) is 0 Å². The SMILES string of the molecule is CNCCCC(C)N1CCN(C2CCCC2)CC1. The van der Waals surface area contributed by atoms with Gasteiger partial charge in [0.25, 0.3) is 0 Å². The molecule has 1 aliphatic carbocycles. The first kappa shape index (κ1) is 14.3. The maximum atomic E-state index is 3.24. The molecule has 1 saturated heterocycles. The van der Waals surface area contributed by atoms with E-state index in [1.807, 2.05) is 7.05 Å². The molecule has 2 aliphatic rings. The third-order valence-electron chi connectivity index (χ3n) is 4.86. The number of rotatable bonds is 6. The zero-order chi connectivity index (χ0) is 12.8. The summed E-state index contributed by atoms with van der Waals surface area (Å²) in [6.07, 6.45) is 8.48. The second-order valence-electron chi connectivity index (χ2n) is 6.11. The molecule has 0 aromatic rings. The Kier molecular flexibility index (Phi) is 5.93. The van der Waals surface area contributed by atoms with Gasteiger partial charge in [0.2, 0.25) is 0 Å². The number of piperazine rings is 1. The summed E-state index contributed by atoms with van der Waals surface area (Å²) in [4.78, 5) is 5.45. The van der Waals surface area contributed by atoms with Gasteiger partial charge in [0.15, 0.2) is 0 Å². The summed E-state index contributed by atoms with van der Waals surface area (Å²) in [5.41, 5.74) is 0. The Balaban J connectivity index is 1.65. The Bertz CT molecular complexity index is 218. The van der Waals surface area contributed by atoms with Crippen molar-refractivity contribution < 1.29 is 0 Å². The molecule has 0 amide bonds. The second-order valence-corrected chi connectivity index (χ2v) is 6.11. The summed E-state index contributed by atoms with van der Waals surface area (Å²) in [6, 6.07) is 1.69. The standard InChI is InChI=1S/C15H31N3/c1-14(6-5-9-16-2)17-10-12-18(13-11-17)15-7-3-4-8-15/h14-16H,3-13H2,1-2H3. The molecule has 2 fully saturated rings. The van der Waals surface area contributed by atoms with E-state index in [4.69, 9.17) is 0 Å². The van der Waals surface area contributed by atoms with Crippen LogP contribution in [0.1, 0.15) is 45.4 Å². The summed E-state index contributed by atoms with van der Waals surface area (Å²) in [6.45, 7) is 8.75. The van der Waals surface area contributed by atoms with Crippen LogP contribution in [0, 0.1) is 0 Å². The lowest BCUT2D eigenvalue weighted by Gasteiger charge is -2.40. The summed E-state index contributed by atoms with van der Waals surface area (Å²) < 4.78 is 0. The Labute approximate surface area is 113 Å². The minimum Gasteiger partial charge on any atom is -0.320 e. The zero-order valence-corrected chi connectivity index (χ0v) is 12.3. The average Bonchev–Trinajstić information content (AvgIpc) is 2.93. The maximum Gasteiger partial charge on any atom is 0.0113 e. The smallest absolute Gasteiger partial charge is 0.0113 e. The molecule has 3 nitrogen and oxygen atoms in total. The number of hydrogen-bond donors (Lipinski definition) is 1. The molecule has 0 aromatic heterocycles. The van der Waals surface area contributed by atoms with Gasteiger partial charge in [0.05, 0.1) is 0 Å². The average molecular weight is 253 g/mol. The topological polar surface area (TPSA) is 18.5 Å². The van der Waals surface area contributed by atoms with Gasteiger partial charge in [0.1, 0.15) is 0 Å². The van der Waals surface area contributed by atoms with Crippen LogP contribution in [0.5, 0.6) is 0 Å². The number of nitrogens with one attached hydrogen (secondary N) is 1. The molecule has 1 unspecified atom stereocenters. The molecule has 2 rings (SSSR count). The van der Waals surface area contributed by atoms with E-state index in [1.54, 1.807) is 0 Å². The Hall–Kier alpha value is -0.120. The summed E-state index contributed by atoms with van der Waals surface area (Å²) >= 11 is 0. The summed E-state index contributed by atoms with van der Waals surface area (Å²) in [7, 11) is 2.05. The van der Waals surface area contributed by atoms with Crippen LogP contribution in [-0.2, 0) is 0 Å². The highest BCUT2D eigenvalue weighted by atomic mass is 15.3. The minimum absolute atomic E-state index is 0.768. The van der Waals surface area contributed by atoms with Crippen LogP contribution in [0.15, 0.2) is 0 Å². The highest BCUT2D eigenvalue weighted by Crippen LogP contribution is 2.24. The monoisotopic (exact) mass is 253 g/mol. The lowest BCUT2D eigenvalue weighted by molar-refractivity contribution is 0.0722. The third-order valence-corrected chi connectivity index (χ3v) is 4.86. The molecule has 3 heteroatoms. The fourth-order valence-electron chi connectivity index (χ4n) is 3.57. The van der Waals surface area contributed by atoms with Crippen LogP contribution < -0.4 is 5.32 Å². The van der Waals surface area contributed by atoms with Gasteiger partial charge in [-0.25, -0.2) is 0 Å². The lowest BCUT2D eigenvalue weighted by atomic mass is 10.1. The van der Waals surface area contributed by atoms with Gasteiger partial charge < -0.3 is 5.32 Å². The van der Waals surface area contributed by atoms with Crippen molar-refractivity contribution in [2.24, 2.45) is 0 Å². The Morgan fingerprint density at radius 3 is 2.39 bits per heavy atom. The van der Waals surface area contributed by atoms with Gasteiger partial charge in [-0.3, -0.25) is 9.80 Å². The highest BCUT2D eigenvalue weighted by Gasteiger charge is 2.27. The molecule has 1 heterocycles. The van der Waals surface area contributed by atoms with Crippen molar-refractivity contribution in [3.8, 4) is 0 Å². The van der Waals surface area contributed by atoms with E-state index in [0.29, 0.717) is 0 Å². The fourth-order valence-corrected chi connectivity index (χ4v) is 3.57. The fraction of sp³-hybridized carbons (Fsp3) is 1.00. The molecular formula is C15H31N3. The van der Waals surface area contributed by atoms with Crippen LogP contribution >= 0.6 is 0 Å². The van der Waals surface area contributed by atoms with Crippen LogP contribution in [-0.4, -0.2) is 61.7 Å². The molecular weight excluding hydrogens is 222 g/mol. The van der Waals surface area contributed by atoms with Gasteiger partial charge in [-0.2, -0.15) is 0 Å². The zero-order valence-electron chi connectivity index (χ0n) is 12.3. The third kappa shape index (κ3) is 3.94. The predicted octanol–water partition coefficient (Wildman–Crippen LogP) is 1.93. The molecule has 1 N–H and O–H groups in total. The molecule has 1 saturated carbocycles. The van der Waals surface area contributed by atoms with Crippen molar-refractivity contribution in [2.45, 2.75) is 57.5 Å². The van der Waals surface area contributed by atoms with Crippen LogP contribution in [0.2, 0.25) is 0 Å². The molecule has 0 bridgehead atoms. The first-order chi connectivity index (χ1) is 8.81. The van der Waals surface area contributed by atoms with E-state index in [9.17, 15) is 0 Å². The van der Waals surface area contributed by atoms with E-state index in [0.717, 1.165) is 18.6 Å². The van der Waals surface area contributed by atoms with Gasteiger partial charge in [-0.05, 0) is 46.2 Å². The molecule has 0 radical (unpaired) electrons. The predicted molar refractivity (Wildman–Crippen MR) is 78.0 cm³/mol. The van der Waals surface area contributed by atoms with Crippen molar-refractivity contribution in [1.29, 1.82) is 0 Å². The van der Waals surface area contributed by atoms with E-state index >= 15 is 0 Å². The quantitative estimate of drug-likeness (QED) is 0.730.